The van der Waals surface area contributed by atoms with Crippen molar-refractivity contribution < 1.29 is 24.2 Å². The fourth-order valence-corrected chi connectivity index (χ4v) is 1.69. The number of aliphatic carboxylic acids is 1. The van der Waals surface area contributed by atoms with Crippen molar-refractivity contribution in [2.75, 3.05) is 11.5 Å². The topological polar surface area (TPSA) is 133 Å². The summed E-state index contributed by atoms with van der Waals surface area (Å²) in [5.74, 6) is -1.98. The van der Waals surface area contributed by atoms with Gasteiger partial charge in [0.2, 0.25) is 0 Å². The van der Waals surface area contributed by atoms with Gasteiger partial charge in [0.15, 0.2) is 0 Å². The van der Waals surface area contributed by atoms with Gasteiger partial charge in [-0.2, -0.15) is 11.8 Å². The highest BCUT2D eigenvalue weighted by Crippen LogP contribution is 2.04. The van der Waals surface area contributed by atoms with E-state index in [9.17, 15) is 14.4 Å². The third kappa shape index (κ3) is 8.36. The number of esters is 2. The summed E-state index contributed by atoms with van der Waals surface area (Å²) >= 11 is 1.38. The third-order valence-electron chi connectivity index (χ3n) is 2.01. The first-order valence-corrected chi connectivity index (χ1v) is 6.71. The van der Waals surface area contributed by atoms with Crippen LogP contribution in [0.25, 0.3) is 0 Å². The number of hydrogen-bond acceptors (Lipinski definition) is 7. The molecular formula is C11H18N2O5S. The number of rotatable bonds is 9. The highest BCUT2D eigenvalue weighted by atomic mass is 32.2. The number of carbonyl (C=O) groups excluding carboxylic acids is 2. The molecule has 8 heteroatoms. The standard InChI is InChI=1S/C11H18N2O5S/c1-2-5-19-6-8(13)11(17)18-10(16)7(12)3-4-9(14)15/h2,7-8H,1,3-6,12-13H2,(H,14,15)/t7-,8-/m0/s1. The fourth-order valence-electron chi connectivity index (χ4n) is 0.994. The van der Waals surface area contributed by atoms with Crippen LogP contribution < -0.4 is 11.5 Å². The van der Waals surface area contributed by atoms with E-state index in [1.807, 2.05) is 0 Å². The van der Waals surface area contributed by atoms with Crippen molar-refractivity contribution in [1.29, 1.82) is 0 Å². The van der Waals surface area contributed by atoms with E-state index in [-0.39, 0.29) is 12.8 Å². The zero-order chi connectivity index (χ0) is 14.8. The van der Waals surface area contributed by atoms with Crippen LogP contribution >= 0.6 is 11.8 Å². The summed E-state index contributed by atoms with van der Waals surface area (Å²) in [6.45, 7) is 3.51. The molecule has 0 unspecified atom stereocenters. The summed E-state index contributed by atoms with van der Waals surface area (Å²) < 4.78 is 4.48. The molecule has 0 heterocycles. The largest absolute Gasteiger partial charge is 0.481 e. The molecule has 0 aliphatic rings. The molecule has 5 N–H and O–H groups in total. The smallest absolute Gasteiger partial charge is 0.331 e. The van der Waals surface area contributed by atoms with Crippen LogP contribution in [-0.4, -0.2) is 46.6 Å². The molecule has 0 aromatic heterocycles. The lowest BCUT2D eigenvalue weighted by Gasteiger charge is -2.12. The Bertz CT molecular complexity index is 348. The molecule has 7 nitrogen and oxygen atoms in total. The molecule has 0 bridgehead atoms. The van der Waals surface area contributed by atoms with E-state index in [2.05, 4.69) is 11.3 Å². The average Bonchev–Trinajstić information content (AvgIpc) is 2.35. The second kappa shape index (κ2) is 9.54. The minimum absolute atomic E-state index is 0.0953. The lowest BCUT2D eigenvalue weighted by Crippen LogP contribution is -2.40. The third-order valence-corrected chi connectivity index (χ3v) is 3.08. The Morgan fingerprint density at radius 2 is 1.84 bits per heavy atom. The van der Waals surface area contributed by atoms with Gasteiger partial charge in [0.1, 0.15) is 12.1 Å². The molecule has 0 aliphatic heterocycles. The second-order valence-electron chi connectivity index (χ2n) is 3.71. The van der Waals surface area contributed by atoms with Crippen molar-refractivity contribution in [3.63, 3.8) is 0 Å². The zero-order valence-corrected chi connectivity index (χ0v) is 11.2. The molecule has 2 atom stereocenters. The van der Waals surface area contributed by atoms with Gasteiger partial charge in [-0.15, -0.1) is 6.58 Å². The summed E-state index contributed by atoms with van der Waals surface area (Å²) in [5.41, 5.74) is 10.9. The van der Waals surface area contributed by atoms with Gasteiger partial charge in [0, 0.05) is 17.9 Å². The molecule has 0 aromatic carbocycles. The Kier molecular flexibility index (Phi) is 8.84. The summed E-state index contributed by atoms with van der Waals surface area (Å²) in [7, 11) is 0. The quantitative estimate of drug-likeness (QED) is 0.224. The Balaban J connectivity index is 4.05. The van der Waals surface area contributed by atoms with E-state index in [0.29, 0.717) is 11.5 Å². The Labute approximate surface area is 115 Å². The van der Waals surface area contributed by atoms with E-state index >= 15 is 0 Å². The predicted molar refractivity (Wildman–Crippen MR) is 71.4 cm³/mol. The molecule has 108 valence electrons. The van der Waals surface area contributed by atoms with Gasteiger partial charge in [-0.3, -0.25) is 4.79 Å². The summed E-state index contributed by atoms with van der Waals surface area (Å²) in [5, 5.41) is 8.43. The van der Waals surface area contributed by atoms with Crippen molar-refractivity contribution in [3.8, 4) is 0 Å². The van der Waals surface area contributed by atoms with Crippen LogP contribution in [0.15, 0.2) is 12.7 Å². The number of thioether (sulfide) groups is 1. The van der Waals surface area contributed by atoms with Crippen molar-refractivity contribution >= 4 is 29.7 Å². The molecule has 0 saturated carbocycles. The Morgan fingerprint density at radius 1 is 1.26 bits per heavy atom. The van der Waals surface area contributed by atoms with Crippen molar-refractivity contribution in [2.45, 2.75) is 24.9 Å². The second-order valence-corrected chi connectivity index (χ2v) is 4.79. The van der Waals surface area contributed by atoms with Crippen LogP contribution in [-0.2, 0) is 19.1 Å². The maximum atomic E-state index is 11.4. The average molecular weight is 290 g/mol. The Hall–Kier alpha value is -1.38. The van der Waals surface area contributed by atoms with E-state index in [1.54, 1.807) is 6.08 Å². The molecule has 0 rings (SSSR count). The van der Waals surface area contributed by atoms with Crippen LogP contribution in [0.4, 0.5) is 0 Å². The minimum atomic E-state index is -1.15. The van der Waals surface area contributed by atoms with Crippen LogP contribution in [0.3, 0.4) is 0 Å². The zero-order valence-electron chi connectivity index (χ0n) is 10.4. The highest BCUT2D eigenvalue weighted by molar-refractivity contribution is 7.99. The molecule has 0 aromatic rings. The molecule has 0 fully saturated rings. The number of carbonyl (C=O) groups is 3. The summed E-state index contributed by atoms with van der Waals surface area (Å²) in [6, 6.07) is -2.08. The molecular weight excluding hydrogens is 272 g/mol. The van der Waals surface area contributed by atoms with Gasteiger partial charge in [0.05, 0.1) is 0 Å². The molecule has 0 saturated heterocycles. The number of carboxylic acid groups (broad SMARTS) is 1. The van der Waals surface area contributed by atoms with Crippen LogP contribution in [0, 0.1) is 0 Å². The molecule has 0 spiro atoms. The minimum Gasteiger partial charge on any atom is -0.481 e. The first-order chi connectivity index (χ1) is 8.88. The summed E-state index contributed by atoms with van der Waals surface area (Å²) in [4.78, 5) is 33.1. The SMILES string of the molecule is C=CCSC[C@H](N)C(=O)OC(=O)[C@@H](N)CCC(=O)O. The number of hydrogen-bond donors (Lipinski definition) is 3. The number of ether oxygens (including phenoxy) is 1. The van der Waals surface area contributed by atoms with Crippen LogP contribution in [0.2, 0.25) is 0 Å². The maximum Gasteiger partial charge on any atom is 0.331 e. The molecule has 0 aliphatic carbocycles. The van der Waals surface area contributed by atoms with E-state index in [0.717, 1.165) is 0 Å². The highest BCUT2D eigenvalue weighted by Gasteiger charge is 2.23. The monoisotopic (exact) mass is 290 g/mol. The lowest BCUT2D eigenvalue weighted by atomic mass is 10.2. The molecule has 0 amide bonds. The van der Waals surface area contributed by atoms with Gasteiger partial charge in [-0.25, -0.2) is 9.59 Å². The number of nitrogens with two attached hydrogens (primary N) is 2. The van der Waals surface area contributed by atoms with Gasteiger partial charge in [-0.1, -0.05) is 6.08 Å². The maximum absolute atomic E-state index is 11.4. The first-order valence-electron chi connectivity index (χ1n) is 5.55. The van der Waals surface area contributed by atoms with Gasteiger partial charge < -0.3 is 21.3 Å². The molecule has 19 heavy (non-hydrogen) atoms. The van der Waals surface area contributed by atoms with E-state index < -0.39 is 30.0 Å². The van der Waals surface area contributed by atoms with Gasteiger partial charge >= 0.3 is 17.9 Å². The van der Waals surface area contributed by atoms with Gasteiger partial charge in [0.25, 0.3) is 0 Å². The van der Waals surface area contributed by atoms with Crippen molar-refractivity contribution in [3.05, 3.63) is 12.7 Å². The summed E-state index contributed by atoms with van der Waals surface area (Å²) in [6.07, 6.45) is 1.29. The number of carboxylic acids is 1. The van der Waals surface area contributed by atoms with Crippen molar-refractivity contribution in [2.24, 2.45) is 11.5 Å². The van der Waals surface area contributed by atoms with Crippen LogP contribution in [0.5, 0.6) is 0 Å². The normalized spacial score (nSPS) is 13.4. The fraction of sp³-hybridized carbons (Fsp3) is 0.545. The first kappa shape index (κ1) is 17.6. The van der Waals surface area contributed by atoms with Gasteiger partial charge in [-0.05, 0) is 6.42 Å². The van der Waals surface area contributed by atoms with E-state index in [4.69, 9.17) is 16.6 Å². The van der Waals surface area contributed by atoms with Crippen molar-refractivity contribution in [1.82, 2.24) is 0 Å². The van der Waals surface area contributed by atoms with E-state index in [1.165, 1.54) is 11.8 Å². The Morgan fingerprint density at radius 3 is 2.37 bits per heavy atom. The predicted octanol–water partition coefficient (Wildman–Crippen LogP) is -0.505. The van der Waals surface area contributed by atoms with Crippen LogP contribution in [0.1, 0.15) is 12.8 Å². The lowest BCUT2D eigenvalue weighted by molar-refractivity contribution is -0.161. The molecule has 0 radical (unpaired) electrons.